The lowest BCUT2D eigenvalue weighted by molar-refractivity contribution is -0.0370. The number of pyridine rings is 1. The quantitative estimate of drug-likeness (QED) is 0.738. The molecule has 0 unspecified atom stereocenters. The Kier molecular flexibility index (Phi) is 5.24. The van der Waals surface area contributed by atoms with Crippen molar-refractivity contribution in [3.8, 4) is 0 Å². The number of aliphatic hydroxyl groups is 1. The molecule has 0 atom stereocenters. The third-order valence-corrected chi connectivity index (χ3v) is 5.63. The molecular weight excluding hydrogens is 352 g/mol. The minimum absolute atomic E-state index is 0.0614. The molecule has 1 saturated heterocycles. The van der Waals surface area contributed by atoms with E-state index in [-0.39, 0.29) is 5.56 Å². The molecule has 0 saturated carbocycles. The topological polar surface area (TPSA) is 71.2 Å². The predicted molar refractivity (Wildman–Crippen MR) is 109 cm³/mol. The summed E-state index contributed by atoms with van der Waals surface area (Å²) in [5.41, 5.74) is 0.951. The van der Waals surface area contributed by atoms with E-state index in [1.165, 1.54) is 5.56 Å². The summed E-state index contributed by atoms with van der Waals surface area (Å²) in [4.78, 5) is 24.2. The Morgan fingerprint density at radius 2 is 1.93 bits per heavy atom. The van der Waals surface area contributed by atoms with E-state index in [0.29, 0.717) is 31.2 Å². The van der Waals surface area contributed by atoms with Crippen LogP contribution in [0.25, 0.3) is 10.9 Å². The standard InChI is InChI=1S/C22H26N4O2/c1-2-20-24-19-8-4-3-7-18(19)21(27)26(20)16-22(28)9-12-25(13-10-22)15-17-6-5-11-23-14-17/h3-8,11,14,28H,2,9-10,12-13,15-16H2,1H3. The van der Waals surface area contributed by atoms with Crippen LogP contribution in [0.3, 0.4) is 0 Å². The van der Waals surface area contributed by atoms with E-state index in [1.54, 1.807) is 16.8 Å². The van der Waals surface area contributed by atoms with Gasteiger partial charge in [-0.05, 0) is 36.6 Å². The number of rotatable bonds is 5. The van der Waals surface area contributed by atoms with E-state index < -0.39 is 5.60 Å². The Labute approximate surface area is 164 Å². The first kappa shape index (κ1) is 18.8. The molecule has 146 valence electrons. The molecule has 0 amide bonds. The molecule has 0 radical (unpaired) electrons. The van der Waals surface area contributed by atoms with Crippen molar-refractivity contribution in [2.24, 2.45) is 0 Å². The normalized spacial score (nSPS) is 17.1. The highest BCUT2D eigenvalue weighted by Gasteiger charge is 2.33. The number of piperidine rings is 1. The second-order valence-electron chi connectivity index (χ2n) is 7.65. The van der Waals surface area contributed by atoms with Crippen molar-refractivity contribution < 1.29 is 5.11 Å². The van der Waals surface area contributed by atoms with Crippen molar-refractivity contribution in [3.63, 3.8) is 0 Å². The van der Waals surface area contributed by atoms with E-state index >= 15 is 0 Å². The van der Waals surface area contributed by atoms with Gasteiger partial charge in [-0.1, -0.05) is 25.1 Å². The first-order chi connectivity index (χ1) is 13.6. The van der Waals surface area contributed by atoms with Crippen molar-refractivity contribution in [3.05, 3.63) is 70.5 Å². The number of benzene rings is 1. The molecule has 0 bridgehead atoms. The summed E-state index contributed by atoms with van der Waals surface area (Å²) in [5.74, 6) is 0.731. The van der Waals surface area contributed by atoms with Crippen molar-refractivity contribution in [2.45, 2.75) is 44.9 Å². The lowest BCUT2D eigenvalue weighted by Crippen LogP contribution is -2.48. The molecule has 2 aromatic heterocycles. The first-order valence-corrected chi connectivity index (χ1v) is 9.90. The molecule has 1 fully saturated rings. The van der Waals surface area contributed by atoms with Crippen molar-refractivity contribution in [1.82, 2.24) is 19.4 Å². The molecule has 1 N–H and O–H groups in total. The zero-order chi connectivity index (χ0) is 19.6. The summed E-state index contributed by atoms with van der Waals surface area (Å²) in [5, 5.41) is 11.8. The minimum Gasteiger partial charge on any atom is -0.388 e. The highest BCUT2D eigenvalue weighted by atomic mass is 16.3. The summed E-state index contributed by atoms with van der Waals surface area (Å²) in [7, 11) is 0. The predicted octanol–water partition coefficient (Wildman–Crippen LogP) is 2.38. The molecular formula is C22H26N4O2. The average Bonchev–Trinajstić information content (AvgIpc) is 2.73. The summed E-state index contributed by atoms with van der Waals surface area (Å²) >= 11 is 0. The highest BCUT2D eigenvalue weighted by molar-refractivity contribution is 5.77. The number of aromatic nitrogens is 3. The van der Waals surface area contributed by atoms with Crippen LogP contribution in [0.1, 0.15) is 31.2 Å². The monoisotopic (exact) mass is 378 g/mol. The van der Waals surface area contributed by atoms with Crippen molar-refractivity contribution >= 4 is 10.9 Å². The first-order valence-electron chi connectivity index (χ1n) is 9.90. The number of aryl methyl sites for hydroxylation is 1. The molecule has 0 aliphatic carbocycles. The van der Waals surface area contributed by atoms with E-state index in [1.807, 2.05) is 37.4 Å². The molecule has 0 spiro atoms. The van der Waals surface area contributed by atoms with E-state index in [2.05, 4.69) is 20.9 Å². The van der Waals surface area contributed by atoms with Crippen LogP contribution in [-0.4, -0.2) is 43.2 Å². The maximum Gasteiger partial charge on any atom is 0.261 e. The third kappa shape index (κ3) is 3.84. The fourth-order valence-corrected chi connectivity index (χ4v) is 3.98. The second kappa shape index (κ2) is 7.81. The average molecular weight is 378 g/mol. The van der Waals surface area contributed by atoms with E-state index in [4.69, 9.17) is 0 Å². The zero-order valence-corrected chi connectivity index (χ0v) is 16.2. The van der Waals surface area contributed by atoms with Gasteiger partial charge in [-0.25, -0.2) is 4.98 Å². The smallest absolute Gasteiger partial charge is 0.261 e. The highest BCUT2D eigenvalue weighted by Crippen LogP contribution is 2.25. The lowest BCUT2D eigenvalue weighted by atomic mass is 9.91. The summed E-state index contributed by atoms with van der Waals surface area (Å²) in [6.07, 6.45) is 5.59. The van der Waals surface area contributed by atoms with E-state index in [0.717, 1.165) is 31.0 Å². The fraction of sp³-hybridized carbons (Fsp3) is 0.409. The third-order valence-electron chi connectivity index (χ3n) is 5.63. The Bertz CT molecular complexity index is 1010. The number of hydrogen-bond donors (Lipinski definition) is 1. The zero-order valence-electron chi connectivity index (χ0n) is 16.2. The van der Waals surface area contributed by atoms with Crippen molar-refractivity contribution in [1.29, 1.82) is 0 Å². The van der Waals surface area contributed by atoms with Gasteiger partial charge in [-0.3, -0.25) is 19.2 Å². The van der Waals surface area contributed by atoms with Crippen LogP contribution < -0.4 is 5.56 Å². The van der Waals surface area contributed by atoms with Crippen LogP contribution in [-0.2, 0) is 19.5 Å². The Morgan fingerprint density at radius 3 is 2.64 bits per heavy atom. The van der Waals surface area contributed by atoms with Crippen LogP contribution in [0.5, 0.6) is 0 Å². The Hall–Kier alpha value is -2.57. The van der Waals surface area contributed by atoms with Crippen LogP contribution in [0.15, 0.2) is 53.6 Å². The summed E-state index contributed by atoms with van der Waals surface area (Å²) < 4.78 is 1.68. The fourth-order valence-electron chi connectivity index (χ4n) is 3.98. The van der Waals surface area contributed by atoms with Gasteiger partial charge in [0.1, 0.15) is 5.82 Å². The van der Waals surface area contributed by atoms with Crippen molar-refractivity contribution in [2.75, 3.05) is 13.1 Å². The largest absolute Gasteiger partial charge is 0.388 e. The van der Waals surface area contributed by atoms with Gasteiger partial charge in [0.2, 0.25) is 0 Å². The number of nitrogens with zero attached hydrogens (tertiary/aromatic N) is 4. The number of hydrogen-bond acceptors (Lipinski definition) is 5. The molecule has 1 aliphatic rings. The molecule has 28 heavy (non-hydrogen) atoms. The van der Waals surface area contributed by atoms with Gasteiger partial charge in [-0.2, -0.15) is 0 Å². The molecule has 3 aromatic rings. The Balaban J connectivity index is 1.51. The van der Waals surface area contributed by atoms with Crippen LogP contribution in [0, 0.1) is 0 Å². The molecule has 1 aliphatic heterocycles. The number of fused-ring (bicyclic) bond motifs is 1. The lowest BCUT2D eigenvalue weighted by Gasteiger charge is -2.38. The summed E-state index contributed by atoms with van der Waals surface area (Å²) in [6, 6.07) is 11.4. The van der Waals surface area contributed by atoms with Gasteiger partial charge in [0, 0.05) is 38.4 Å². The van der Waals surface area contributed by atoms with Crippen LogP contribution in [0.4, 0.5) is 0 Å². The van der Waals surface area contributed by atoms with Gasteiger partial charge in [-0.15, -0.1) is 0 Å². The molecule has 4 rings (SSSR count). The minimum atomic E-state index is -0.886. The van der Waals surface area contributed by atoms with Gasteiger partial charge >= 0.3 is 0 Å². The van der Waals surface area contributed by atoms with Gasteiger partial charge in [0.05, 0.1) is 23.0 Å². The SMILES string of the molecule is CCc1nc2ccccc2c(=O)n1CC1(O)CCN(Cc2cccnc2)CC1. The maximum absolute atomic E-state index is 13.0. The number of likely N-dealkylation sites (tertiary alicyclic amines) is 1. The van der Waals surface area contributed by atoms with Crippen LogP contribution in [0.2, 0.25) is 0 Å². The summed E-state index contributed by atoms with van der Waals surface area (Å²) in [6.45, 7) is 4.72. The van der Waals surface area contributed by atoms with Gasteiger partial charge in [0.15, 0.2) is 0 Å². The van der Waals surface area contributed by atoms with Crippen LogP contribution >= 0.6 is 0 Å². The number of para-hydroxylation sites is 1. The second-order valence-corrected chi connectivity index (χ2v) is 7.65. The maximum atomic E-state index is 13.0. The molecule has 6 nitrogen and oxygen atoms in total. The Morgan fingerprint density at radius 1 is 1.14 bits per heavy atom. The van der Waals surface area contributed by atoms with E-state index in [9.17, 15) is 9.90 Å². The molecule has 6 heteroatoms. The van der Waals surface area contributed by atoms with Gasteiger partial charge in [0.25, 0.3) is 5.56 Å². The van der Waals surface area contributed by atoms with Gasteiger partial charge < -0.3 is 5.11 Å². The molecule has 3 heterocycles. The molecule has 1 aromatic carbocycles.